The van der Waals surface area contributed by atoms with E-state index in [0.29, 0.717) is 22.6 Å². The lowest BCUT2D eigenvalue weighted by Crippen LogP contribution is -2.33. The number of nitrogens with one attached hydrogen (secondary N) is 1. The van der Waals surface area contributed by atoms with E-state index < -0.39 is 22.4 Å². The smallest absolute Gasteiger partial charge is 0.160 e. The van der Waals surface area contributed by atoms with Crippen molar-refractivity contribution in [3.63, 3.8) is 0 Å². The van der Waals surface area contributed by atoms with Crippen LogP contribution in [0.3, 0.4) is 0 Å². The minimum atomic E-state index is -1.25. The van der Waals surface area contributed by atoms with Gasteiger partial charge in [-0.3, -0.25) is 4.21 Å². The summed E-state index contributed by atoms with van der Waals surface area (Å²) in [6.07, 6.45) is 5.54. The Balaban J connectivity index is 1.86. The van der Waals surface area contributed by atoms with E-state index >= 15 is 0 Å². The molecule has 0 saturated heterocycles. The highest BCUT2D eigenvalue weighted by atomic mass is 32.2. The molecule has 1 aliphatic carbocycles. The van der Waals surface area contributed by atoms with Crippen LogP contribution < -0.4 is 5.32 Å². The molecule has 21 heavy (non-hydrogen) atoms. The van der Waals surface area contributed by atoms with Crippen LogP contribution in [0.1, 0.15) is 39.0 Å². The second-order valence-electron chi connectivity index (χ2n) is 5.67. The van der Waals surface area contributed by atoms with E-state index in [1.807, 2.05) is 0 Å². The molecular formula is C16H23F2NOS. The normalized spacial score (nSPS) is 23.4. The Labute approximate surface area is 127 Å². The third-order valence-electron chi connectivity index (χ3n) is 4.14. The standard InChI is InChI=1S/C16H23F2NOS/c1-2-9-19-16-5-3-4-12(16)8-10-21(20)13-6-7-14(17)15(18)11-13/h6-7,11-12,16,19H,2-5,8-10H2,1H3. The molecule has 1 fully saturated rings. The molecule has 1 aromatic rings. The molecule has 0 heterocycles. The summed E-state index contributed by atoms with van der Waals surface area (Å²) in [6.45, 7) is 3.17. The molecule has 5 heteroatoms. The van der Waals surface area contributed by atoms with Crippen LogP contribution in [0.4, 0.5) is 8.78 Å². The highest BCUT2D eigenvalue weighted by Gasteiger charge is 2.26. The molecule has 0 bridgehead atoms. The van der Waals surface area contributed by atoms with Gasteiger partial charge in [0.1, 0.15) is 0 Å². The van der Waals surface area contributed by atoms with Gasteiger partial charge in [0, 0.05) is 16.7 Å². The molecule has 1 aliphatic rings. The molecular weight excluding hydrogens is 292 g/mol. The van der Waals surface area contributed by atoms with Crippen molar-refractivity contribution < 1.29 is 13.0 Å². The minimum Gasteiger partial charge on any atom is -0.314 e. The second-order valence-corrected chi connectivity index (χ2v) is 7.24. The fraction of sp³-hybridized carbons (Fsp3) is 0.625. The average Bonchev–Trinajstić information content (AvgIpc) is 2.92. The Morgan fingerprint density at radius 2 is 2.10 bits per heavy atom. The van der Waals surface area contributed by atoms with Crippen molar-refractivity contribution in [3.05, 3.63) is 29.8 Å². The molecule has 0 aromatic heterocycles. The maximum Gasteiger partial charge on any atom is 0.160 e. The SMILES string of the molecule is CCCNC1CCCC1CCS(=O)c1ccc(F)c(F)c1. The lowest BCUT2D eigenvalue weighted by atomic mass is 10.0. The fourth-order valence-corrected chi connectivity index (χ4v) is 4.18. The Morgan fingerprint density at radius 3 is 2.81 bits per heavy atom. The third kappa shape index (κ3) is 4.58. The number of halogens is 2. The van der Waals surface area contributed by atoms with Gasteiger partial charge in [-0.15, -0.1) is 0 Å². The predicted octanol–water partition coefficient (Wildman–Crippen LogP) is 3.63. The van der Waals surface area contributed by atoms with Crippen LogP contribution in [-0.2, 0) is 10.8 Å². The van der Waals surface area contributed by atoms with Gasteiger partial charge in [-0.1, -0.05) is 13.3 Å². The van der Waals surface area contributed by atoms with Crippen molar-refractivity contribution in [3.8, 4) is 0 Å². The lowest BCUT2D eigenvalue weighted by molar-refractivity contribution is 0.393. The zero-order valence-electron chi connectivity index (χ0n) is 12.4. The average molecular weight is 315 g/mol. The van der Waals surface area contributed by atoms with E-state index in [-0.39, 0.29) is 0 Å². The van der Waals surface area contributed by atoms with Gasteiger partial charge in [0.2, 0.25) is 0 Å². The highest BCUT2D eigenvalue weighted by Crippen LogP contribution is 2.29. The van der Waals surface area contributed by atoms with E-state index in [9.17, 15) is 13.0 Å². The molecule has 0 aliphatic heterocycles. The lowest BCUT2D eigenvalue weighted by Gasteiger charge is -2.20. The first-order valence-corrected chi connectivity index (χ1v) is 9.00. The van der Waals surface area contributed by atoms with Gasteiger partial charge in [0.25, 0.3) is 0 Å². The molecule has 118 valence electrons. The van der Waals surface area contributed by atoms with Crippen LogP contribution >= 0.6 is 0 Å². The molecule has 1 aromatic carbocycles. The summed E-state index contributed by atoms with van der Waals surface area (Å²) >= 11 is 0. The Bertz CT molecular complexity index is 495. The third-order valence-corrected chi connectivity index (χ3v) is 5.53. The molecule has 0 amide bonds. The van der Waals surface area contributed by atoms with E-state index in [2.05, 4.69) is 12.2 Å². The van der Waals surface area contributed by atoms with Gasteiger partial charge in [0.15, 0.2) is 11.6 Å². The van der Waals surface area contributed by atoms with Crippen LogP contribution in [0, 0.1) is 17.6 Å². The van der Waals surface area contributed by atoms with E-state index in [4.69, 9.17) is 0 Å². The second kappa shape index (κ2) is 7.99. The number of hydrogen-bond donors (Lipinski definition) is 1. The summed E-state index contributed by atoms with van der Waals surface area (Å²) < 4.78 is 38.2. The molecule has 0 spiro atoms. The fourth-order valence-electron chi connectivity index (χ4n) is 2.98. The molecule has 0 radical (unpaired) electrons. The van der Waals surface area contributed by atoms with Gasteiger partial charge in [-0.25, -0.2) is 8.78 Å². The Kier molecular flexibility index (Phi) is 6.30. The summed E-state index contributed by atoms with van der Waals surface area (Å²) in [6, 6.07) is 4.03. The first kappa shape index (κ1) is 16.6. The van der Waals surface area contributed by atoms with Gasteiger partial charge < -0.3 is 5.32 Å². The molecule has 3 atom stereocenters. The van der Waals surface area contributed by atoms with Crippen LogP contribution in [0.25, 0.3) is 0 Å². The summed E-state index contributed by atoms with van der Waals surface area (Å²) in [5.41, 5.74) is 0. The summed E-state index contributed by atoms with van der Waals surface area (Å²) in [5.74, 6) is -0.759. The van der Waals surface area contributed by atoms with Gasteiger partial charge in [-0.05, 0) is 56.3 Å². The van der Waals surface area contributed by atoms with Crippen molar-refractivity contribution in [2.75, 3.05) is 12.3 Å². The summed E-state index contributed by atoms with van der Waals surface area (Å²) in [4.78, 5) is 0.380. The van der Waals surface area contributed by atoms with E-state index in [1.54, 1.807) is 0 Å². The monoisotopic (exact) mass is 315 g/mol. The zero-order valence-corrected chi connectivity index (χ0v) is 13.2. The largest absolute Gasteiger partial charge is 0.314 e. The topological polar surface area (TPSA) is 29.1 Å². The maximum atomic E-state index is 13.2. The Morgan fingerprint density at radius 1 is 1.29 bits per heavy atom. The van der Waals surface area contributed by atoms with Crippen molar-refractivity contribution >= 4 is 10.8 Å². The first-order valence-electron chi connectivity index (χ1n) is 7.68. The van der Waals surface area contributed by atoms with Gasteiger partial charge >= 0.3 is 0 Å². The van der Waals surface area contributed by atoms with Crippen LogP contribution in [0.15, 0.2) is 23.1 Å². The van der Waals surface area contributed by atoms with Crippen LogP contribution in [0.2, 0.25) is 0 Å². The number of rotatable bonds is 7. The van der Waals surface area contributed by atoms with Crippen LogP contribution in [-0.4, -0.2) is 22.5 Å². The molecule has 1 N–H and O–H groups in total. The first-order chi connectivity index (χ1) is 10.1. The quantitative estimate of drug-likeness (QED) is 0.832. The molecule has 2 rings (SSSR count). The number of benzene rings is 1. The zero-order chi connectivity index (χ0) is 15.2. The maximum absolute atomic E-state index is 13.2. The highest BCUT2D eigenvalue weighted by molar-refractivity contribution is 7.85. The van der Waals surface area contributed by atoms with Crippen LogP contribution in [0.5, 0.6) is 0 Å². The minimum absolute atomic E-state index is 0.380. The van der Waals surface area contributed by atoms with Crippen molar-refractivity contribution in [2.24, 2.45) is 5.92 Å². The van der Waals surface area contributed by atoms with Gasteiger partial charge in [0.05, 0.1) is 10.8 Å². The van der Waals surface area contributed by atoms with Crippen molar-refractivity contribution in [1.29, 1.82) is 0 Å². The van der Waals surface area contributed by atoms with Crippen molar-refractivity contribution in [2.45, 2.75) is 50.0 Å². The predicted molar refractivity (Wildman–Crippen MR) is 81.7 cm³/mol. The van der Waals surface area contributed by atoms with E-state index in [0.717, 1.165) is 37.9 Å². The Hall–Kier alpha value is -0.810. The van der Waals surface area contributed by atoms with Gasteiger partial charge in [-0.2, -0.15) is 0 Å². The molecule has 1 saturated carbocycles. The molecule has 3 unspecified atom stereocenters. The molecule has 2 nitrogen and oxygen atoms in total. The summed E-state index contributed by atoms with van der Waals surface area (Å²) in [7, 11) is -1.25. The number of hydrogen-bond acceptors (Lipinski definition) is 2. The van der Waals surface area contributed by atoms with E-state index in [1.165, 1.54) is 18.9 Å². The van der Waals surface area contributed by atoms with Crippen molar-refractivity contribution in [1.82, 2.24) is 5.32 Å². The summed E-state index contributed by atoms with van der Waals surface area (Å²) in [5, 5.41) is 3.55.